The molecule has 1 unspecified atom stereocenters. The number of hydrogen-bond donors (Lipinski definition) is 3. The highest BCUT2D eigenvalue weighted by atomic mass is 16.5. The lowest BCUT2D eigenvalue weighted by atomic mass is 9.96. The maximum absolute atomic E-state index is 12.8. The van der Waals surface area contributed by atoms with Gasteiger partial charge in [-0.2, -0.15) is 0 Å². The molecule has 186 valence electrons. The zero-order valence-corrected chi connectivity index (χ0v) is 19.7. The zero-order chi connectivity index (χ0) is 25.5. The van der Waals surface area contributed by atoms with Crippen LogP contribution in [0.25, 0.3) is 0 Å². The molecule has 0 saturated carbocycles. The van der Waals surface area contributed by atoms with Crippen molar-refractivity contribution in [3.05, 3.63) is 61.2 Å². The average Bonchev–Trinajstić information content (AvgIpc) is 2.84. The van der Waals surface area contributed by atoms with E-state index in [2.05, 4.69) is 23.8 Å². The molecule has 0 fully saturated rings. The number of benzene rings is 1. The molecule has 9 nitrogen and oxygen atoms in total. The molecular formula is C25H34N2O7. The van der Waals surface area contributed by atoms with Crippen molar-refractivity contribution in [3.63, 3.8) is 0 Å². The molecule has 1 rings (SSSR count). The molecule has 0 aromatic heterocycles. The first-order valence-corrected chi connectivity index (χ1v) is 11.0. The van der Waals surface area contributed by atoms with Gasteiger partial charge < -0.3 is 25.2 Å². The number of carbonyl (C=O) groups is 4. The van der Waals surface area contributed by atoms with Gasteiger partial charge in [-0.3, -0.25) is 14.4 Å². The van der Waals surface area contributed by atoms with E-state index in [4.69, 9.17) is 14.6 Å². The number of rotatable bonds is 15. The van der Waals surface area contributed by atoms with Gasteiger partial charge in [0.25, 0.3) is 0 Å². The van der Waals surface area contributed by atoms with Gasteiger partial charge >= 0.3 is 11.9 Å². The fraction of sp³-hybridized carbons (Fsp3) is 0.440. The highest BCUT2D eigenvalue weighted by Gasteiger charge is 2.32. The van der Waals surface area contributed by atoms with Crippen molar-refractivity contribution in [2.75, 3.05) is 20.3 Å². The van der Waals surface area contributed by atoms with Gasteiger partial charge in [-0.1, -0.05) is 42.5 Å². The molecule has 2 amide bonds. The second-order valence-electron chi connectivity index (χ2n) is 7.79. The van der Waals surface area contributed by atoms with Crippen LogP contribution in [0.1, 0.15) is 25.3 Å². The lowest BCUT2D eigenvalue weighted by molar-refractivity contribution is -0.155. The lowest BCUT2D eigenvalue weighted by Crippen LogP contribution is -2.51. The van der Waals surface area contributed by atoms with E-state index < -0.39 is 54.3 Å². The van der Waals surface area contributed by atoms with Crippen LogP contribution in [0.3, 0.4) is 0 Å². The number of aliphatic hydroxyl groups excluding tert-OH is 1. The molecule has 0 heterocycles. The quantitative estimate of drug-likeness (QED) is 0.198. The summed E-state index contributed by atoms with van der Waals surface area (Å²) in [5.74, 6) is -4.49. The Hall–Kier alpha value is -3.46. The molecule has 0 radical (unpaired) electrons. The minimum Gasteiger partial charge on any atom is -0.467 e. The van der Waals surface area contributed by atoms with Crippen LogP contribution < -0.4 is 10.6 Å². The van der Waals surface area contributed by atoms with E-state index >= 15 is 0 Å². The zero-order valence-electron chi connectivity index (χ0n) is 19.7. The van der Waals surface area contributed by atoms with Crippen LogP contribution in [0, 0.1) is 11.8 Å². The van der Waals surface area contributed by atoms with Crippen molar-refractivity contribution in [2.24, 2.45) is 11.8 Å². The Morgan fingerprint density at radius 1 is 1.00 bits per heavy atom. The first kappa shape index (κ1) is 28.6. The average molecular weight is 475 g/mol. The van der Waals surface area contributed by atoms with Gasteiger partial charge in [-0.05, 0) is 31.7 Å². The summed E-state index contributed by atoms with van der Waals surface area (Å²) < 4.78 is 10.1. The van der Waals surface area contributed by atoms with Crippen LogP contribution in [0.5, 0.6) is 0 Å². The van der Waals surface area contributed by atoms with Gasteiger partial charge in [-0.25, -0.2) is 4.79 Å². The van der Waals surface area contributed by atoms with Gasteiger partial charge in [0.2, 0.25) is 11.8 Å². The molecule has 0 aliphatic heterocycles. The number of methoxy groups -OCH3 is 1. The number of hydrogen-bond acceptors (Lipinski definition) is 7. The number of nitrogens with one attached hydrogen (secondary N) is 2. The van der Waals surface area contributed by atoms with Gasteiger partial charge in [0, 0.05) is 6.04 Å². The predicted octanol–water partition coefficient (Wildman–Crippen LogP) is 1.31. The monoisotopic (exact) mass is 474 g/mol. The Morgan fingerprint density at radius 2 is 1.62 bits per heavy atom. The predicted molar refractivity (Wildman–Crippen MR) is 126 cm³/mol. The van der Waals surface area contributed by atoms with Crippen molar-refractivity contribution in [1.29, 1.82) is 0 Å². The van der Waals surface area contributed by atoms with Crippen LogP contribution in [-0.4, -0.2) is 61.3 Å². The smallest absolute Gasteiger partial charge is 0.331 e. The molecule has 0 aliphatic carbocycles. The Bertz CT molecular complexity index is 841. The van der Waals surface area contributed by atoms with Gasteiger partial charge in [0.15, 0.2) is 6.04 Å². The molecule has 1 aromatic carbocycles. The minimum atomic E-state index is -1.31. The van der Waals surface area contributed by atoms with Crippen molar-refractivity contribution in [3.8, 4) is 0 Å². The molecule has 3 N–H and O–H groups in total. The fourth-order valence-electron chi connectivity index (χ4n) is 3.12. The van der Waals surface area contributed by atoms with Crippen LogP contribution in [-0.2, 0) is 35.1 Å². The molecular weight excluding hydrogens is 440 g/mol. The van der Waals surface area contributed by atoms with E-state index in [0.717, 1.165) is 12.7 Å². The fourth-order valence-corrected chi connectivity index (χ4v) is 3.12. The molecule has 0 saturated heterocycles. The van der Waals surface area contributed by atoms with Crippen molar-refractivity contribution in [1.82, 2.24) is 10.6 Å². The summed E-state index contributed by atoms with van der Waals surface area (Å²) in [5.41, 5.74) is 0.944. The van der Waals surface area contributed by atoms with E-state index in [1.165, 1.54) is 6.08 Å². The maximum Gasteiger partial charge on any atom is 0.331 e. The van der Waals surface area contributed by atoms with Crippen LogP contribution >= 0.6 is 0 Å². The number of carbonyl (C=O) groups excluding carboxylic acids is 4. The highest BCUT2D eigenvalue weighted by molar-refractivity contribution is 6.01. The molecule has 0 spiro atoms. The molecule has 0 bridgehead atoms. The molecule has 34 heavy (non-hydrogen) atoms. The van der Waals surface area contributed by atoms with Crippen LogP contribution in [0.15, 0.2) is 55.6 Å². The van der Waals surface area contributed by atoms with Crippen LogP contribution in [0.2, 0.25) is 0 Å². The van der Waals surface area contributed by atoms with Crippen molar-refractivity contribution < 1.29 is 33.8 Å². The van der Waals surface area contributed by atoms with E-state index in [-0.39, 0.29) is 13.0 Å². The van der Waals surface area contributed by atoms with E-state index in [9.17, 15) is 19.2 Å². The Balaban J connectivity index is 2.87. The molecule has 1 aromatic rings. The lowest BCUT2D eigenvalue weighted by Gasteiger charge is -2.22. The summed E-state index contributed by atoms with van der Waals surface area (Å²) in [7, 11) is 1.14. The summed E-state index contributed by atoms with van der Waals surface area (Å²) in [6.45, 7) is 8.04. The number of esters is 2. The second-order valence-corrected chi connectivity index (χ2v) is 7.79. The summed E-state index contributed by atoms with van der Waals surface area (Å²) in [6, 6.07) is 7.52. The Labute approximate surface area is 200 Å². The topological polar surface area (TPSA) is 131 Å². The Kier molecular flexibility index (Phi) is 12.9. The first-order chi connectivity index (χ1) is 16.3. The van der Waals surface area contributed by atoms with E-state index in [1.54, 1.807) is 13.0 Å². The van der Waals surface area contributed by atoms with Gasteiger partial charge in [-0.15, -0.1) is 13.2 Å². The summed E-state index contributed by atoms with van der Waals surface area (Å²) in [6.07, 6.45) is 3.80. The normalized spacial score (nSPS) is 14.0. The molecule has 0 aliphatic rings. The van der Waals surface area contributed by atoms with Gasteiger partial charge in [0.1, 0.15) is 12.5 Å². The standard InChI is InChI=1S/C25H34N2O7/c1-5-10-19(14-18-12-8-7-9-13-18)24(31)34-16-21(25(32)33-4)27-23(30)20(11-6-2)22(29)26-17(3)15-28/h5-9,12-13,17,19-21,28H,1-2,10-11,14-16H2,3-4H3,(H,26,29)(H,27,30)/t17-,19-,20?,21-/m1/s1. The molecule has 4 atom stereocenters. The maximum atomic E-state index is 12.8. The third kappa shape index (κ3) is 9.58. The third-order valence-electron chi connectivity index (χ3n) is 5.00. The number of aliphatic hydroxyl groups is 1. The van der Waals surface area contributed by atoms with Crippen LogP contribution in [0.4, 0.5) is 0 Å². The van der Waals surface area contributed by atoms with Crippen molar-refractivity contribution in [2.45, 2.75) is 38.3 Å². The summed E-state index contributed by atoms with van der Waals surface area (Å²) >= 11 is 0. The SMILES string of the molecule is C=CCC(C(=O)N[C@H](C)CO)C(=O)N[C@H](COC(=O)[C@H](CC=C)Cc1ccccc1)C(=O)OC. The largest absolute Gasteiger partial charge is 0.467 e. The van der Waals surface area contributed by atoms with Crippen molar-refractivity contribution >= 4 is 23.8 Å². The molecule has 9 heteroatoms. The Morgan fingerprint density at radius 3 is 2.18 bits per heavy atom. The third-order valence-corrected chi connectivity index (χ3v) is 5.00. The number of ether oxygens (including phenoxy) is 2. The minimum absolute atomic E-state index is 0.00196. The number of amides is 2. The highest BCUT2D eigenvalue weighted by Crippen LogP contribution is 2.15. The first-order valence-electron chi connectivity index (χ1n) is 11.0. The van der Waals surface area contributed by atoms with E-state index in [0.29, 0.717) is 12.8 Å². The summed E-state index contributed by atoms with van der Waals surface area (Å²) in [5, 5.41) is 14.1. The second kappa shape index (κ2) is 15.4. The van der Waals surface area contributed by atoms with Gasteiger partial charge in [0.05, 0.1) is 19.6 Å². The number of allylic oxidation sites excluding steroid dienone is 2. The summed E-state index contributed by atoms with van der Waals surface area (Å²) in [4.78, 5) is 50.1. The van der Waals surface area contributed by atoms with E-state index in [1.807, 2.05) is 30.3 Å².